The summed E-state index contributed by atoms with van der Waals surface area (Å²) in [5.41, 5.74) is 5.53. The monoisotopic (exact) mass is 255 g/mol. The van der Waals surface area contributed by atoms with Crippen molar-refractivity contribution in [3.8, 4) is 5.69 Å². The minimum Gasteiger partial charge on any atom is -0.382 e. The highest BCUT2D eigenvalue weighted by Crippen LogP contribution is 2.29. The summed E-state index contributed by atoms with van der Waals surface area (Å²) in [5, 5.41) is 0. The smallest absolute Gasteiger partial charge is 0.382 e. The second-order valence-electron chi connectivity index (χ2n) is 3.85. The van der Waals surface area contributed by atoms with E-state index >= 15 is 0 Å². The van der Waals surface area contributed by atoms with Gasteiger partial charge in [0.2, 0.25) is 0 Å². The number of aryl methyl sites for hydroxylation is 1. The first-order valence-electron chi connectivity index (χ1n) is 5.43. The van der Waals surface area contributed by atoms with Gasteiger partial charge in [-0.05, 0) is 24.3 Å². The number of halogens is 3. The van der Waals surface area contributed by atoms with Gasteiger partial charge in [0, 0.05) is 12.1 Å². The molecule has 0 atom stereocenters. The summed E-state index contributed by atoms with van der Waals surface area (Å²) in [6, 6.07) is 4.90. The number of anilines is 1. The number of imidazole rings is 1. The standard InChI is InChI=1S/C12H12F3N3/c1-2-11-17-10(16)7-18(11)9-5-3-8(4-6-9)12(13,14)15/h3-7H,2,16H2,1H3. The van der Waals surface area contributed by atoms with Crippen molar-refractivity contribution in [1.29, 1.82) is 0 Å². The molecule has 1 aromatic heterocycles. The lowest BCUT2D eigenvalue weighted by Crippen LogP contribution is -2.05. The second kappa shape index (κ2) is 4.36. The van der Waals surface area contributed by atoms with Crippen molar-refractivity contribution in [1.82, 2.24) is 9.55 Å². The number of nitrogens with two attached hydrogens (primary N) is 1. The average Bonchev–Trinajstić information content (AvgIpc) is 2.69. The molecule has 18 heavy (non-hydrogen) atoms. The Morgan fingerprint density at radius 2 is 1.83 bits per heavy atom. The van der Waals surface area contributed by atoms with E-state index in [1.165, 1.54) is 12.1 Å². The number of benzene rings is 1. The fourth-order valence-electron chi connectivity index (χ4n) is 1.72. The van der Waals surface area contributed by atoms with Crippen LogP contribution in [-0.2, 0) is 12.6 Å². The van der Waals surface area contributed by atoms with E-state index in [0.29, 0.717) is 23.8 Å². The van der Waals surface area contributed by atoms with Crippen LogP contribution in [0.25, 0.3) is 5.69 Å². The topological polar surface area (TPSA) is 43.8 Å². The summed E-state index contributed by atoms with van der Waals surface area (Å²) in [7, 11) is 0. The Morgan fingerprint density at radius 3 is 2.33 bits per heavy atom. The molecule has 0 fully saturated rings. The Balaban J connectivity index is 2.40. The van der Waals surface area contributed by atoms with Crippen molar-refractivity contribution in [2.45, 2.75) is 19.5 Å². The molecule has 0 aliphatic rings. The van der Waals surface area contributed by atoms with E-state index in [2.05, 4.69) is 4.98 Å². The van der Waals surface area contributed by atoms with Crippen LogP contribution in [0.2, 0.25) is 0 Å². The van der Waals surface area contributed by atoms with Crippen LogP contribution in [-0.4, -0.2) is 9.55 Å². The van der Waals surface area contributed by atoms with Gasteiger partial charge < -0.3 is 10.3 Å². The second-order valence-corrected chi connectivity index (χ2v) is 3.85. The van der Waals surface area contributed by atoms with E-state index in [1.54, 1.807) is 10.8 Å². The molecule has 0 aliphatic carbocycles. The summed E-state index contributed by atoms with van der Waals surface area (Å²) in [4.78, 5) is 4.10. The fraction of sp³-hybridized carbons (Fsp3) is 0.250. The molecule has 96 valence electrons. The van der Waals surface area contributed by atoms with Crippen molar-refractivity contribution in [3.05, 3.63) is 41.9 Å². The fourth-order valence-corrected chi connectivity index (χ4v) is 1.72. The Hall–Kier alpha value is -1.98. The molecule has 0 bridgehead atoms. The summed E-state index contributed by atoms with van der Waals surface area (Å²) in [5.74, 6) is 1.07. The maximum atomic E-state index is 12.4. The number of rotatable bonds is 2. The Kier molecular flexibility index (Phi) is 3.02. The van der Waals surface area contributed by atoms with E-state index in [1.807, 2.05) is 6.92 Å². The molecule has 2 aromatic rings. The first-order chi connectivity index (χ1) is 8.41. The average molecular weight is 255 g/mol. The van der Waals surface area contributed by atoms with Crippen LogP contribution in [0.1, 0.15) is 18.3 Å². The molecular weight excluding hydrogens is 243 g/mol. The molecule has 2 rings (SSSR count). The molecule has 0 amide bonds. The number of hydrogen-bond acceptors (Lipinski definition) is 2. The van der Waals surface area contributed by atoms with Crippen molar-refractivity contribution in [2.24, 2.45) is 0 Å². The summed E-state index contributed by atoms with van der Waals surface area (Å²) < 4.78 is 39.0. The SMILES string of the molecule is CCc1nc(N)cn1-c1ccc(C(F)(F)F)cc1. The van der Waals surface area contributed by atoms with Gasteiger partial charge in [-0.25, -0.2) is 4.98 Å². The van der Waals surface area contributed by atoms with Gasteiger partial charge in [0.15, 0.2) is 0 Å². The van der Waals surface area contributed by atoms with E-state index < -0.39 is 11.7 Å². The number of nitrogens with zero attached hydrogens (tertiary/aromatic N) is 2. The van der Waals surface area contributed by atoms with Crippen LogP contribution >= 0.6 is 0 Å². The number of hydrogen-bond donors (Lipinski definition) is 1. The van der Waals surface area contributed by atoms with Crippen LogP contribution in [0.4, 0.5) is 19.0 Å². The van der Waals surface area contributed by atoms with Crippen LogP contribution < -0.4 is 5.73 Å². The molecule has 0 radical (unpaired) electrons. The highest BCUT2D eigenvalue weighted by atomic mass is 19.4. The van der Waals surface area contributed by atoms with E-state index in [0.717, 1.165) is 12.1 Å². The van der Waals surface area contributed by atoms with Gasteiger partial charge in [-0.3, -0.25) is 0 Å². The number of nitrogen functional groups attached to an aromatic ring is 1. The normalized spacial score (nSPS) is 11.8. The maximum absolute atomic E-state index is 12.4. The van der Waals surface area contributed by atoms with Gasteiger partial charge in [0.1, 0.15) is 11.6 Å². The molecule has 3 nitrogen and oxygen atoms in total. The molecule has 0 saturated heterocycles. The molecule has 2 N–H and O–H groups in total. The quantitative estimate of drug-likeness (QED) is 0.896. The largest absolute Gasteiger partial charge is 0.416 e. The van der Waals surface area contributed by atoms with Gasteiger partial charge in [-0.2, -0.15) is 13.2 Å². The zero-order chi connectivity index (χ0) is 13.3. The third kappa shape index (κ3) is 2.32. The molecule has 1 heterocycles. The third-order valence-corrected chi connectivity index (χ3v) is 2.59. The van der Waals surface area contributed by atoms with E-state index in [4.69, 9.17) is 5.73 Å². The maximum Gasteiger partial charge on any atom is 0.416 e. The highest BCUT2D eigenvalue weighted by molar-refractivity contribution is 5.40. The summed E-state index contributed by atoms with van der Waals surface area (Å²) in [6.07, 6.45) is -2.07. The zero-order valence-corrected chi connectivity index (χ0v) is 9.70. The molecule has 6 heteroatoms. The highest BCUT2D eigenvalue weighted by Gasteiger charge is 2.30. The molecule has 0 spiro atoms. The Bertz CT molecular complexity index is 541. The van der Waals surface area contributed by atoms with Crippen LogP contribution in [0.5, 0.6) is 0 Å². The molecular formula is C12H12F3N3. The molecule has 1 aromatic carbocycles. The van der Waals surface area contributed by atoms with Crippen molar-refractivity contribution < 1.29 is 13.2 Å². The van der Waals surface area contributed by atoms with Crippen LogP contribution in [0.3, 0.4) is 0 Å². The minimum atomic E-state index is -4.32. The minimum absolute atomic E-state index is 0.353. The first-order valence-corrected chi connectivity index (χ1v) is 5.43. The molecule has 0 aliphatic heterocycles. The van der Waals surface area contributed by atoms with Crippen LogP contribution in [0.15, 0.2) is 30.5 Å². The first kappa shape index (κ1) is 12.5. The predicted molar refractivity (Wildman–Crippen MR) is 62.4 cm³/mol. The van der Waals surface area contributed by atoms with Gasteiger partial charge >= 0.3 is 6.18 Å². The lowest BCUT2D eigenvalue weighted by atomic mass is 10.2. The van der Waals surface area contributed by atoms with Gasteiger partial charge in [0.25, 0.3) is 0 Å². The van der Waals surface area contributed by atoms with E-state index in [-0.39, 0.29) is 0 Å². The predicted octanol–water partition coefficient (Wildman–Crippen LogP) is 3.04. The van der Waals surface area contributed by atoms with Crippen LogP contribution in [0, 0.1) is 0 Å². The van der Waals surface area contributed by atoms with E-state index in [9.17, 15) is 13.2 Å². The lowest BCUT2D eigenvalue weighted by molar-refractivity contribution is -0.137. The Labute approximate surface area is 102 Å². The van der Waals surface area contributed by atoms with Gasteiger partial charge in [0.05, 0.1) is 11.8 Å². The number of aromatic nitrogens is 2. The van der Waals surface area contributed by atoms with Crippen molar-refractivity contribution >= 4 is 5.82 Å². The Morgan fingerprint density at radius 1 is 1.22 bits per heavy atom. The van der Waals surface area contributed by atoms with Crippen molar-refractivity contribution in [3.63, 3.8) is 0 Å². The zero-order valence-electron chi connectivity index (χ0n) is 9.70. The molecule has 0 saturated carbocycles. The van der Waals surface area contributed by atoms with Gasteiger partial charge in [-0.15, -0.1) is 0 Å². The molecule has 0 unspecified atom stereocenters. The third-order valence-electron chi connectivity index (χ3n) is 2.59. The van der Waals surface area contributed by atoms with Crippen molar-refractivity contribution in [2.75, 3.05) is 5.73 Å². The lowest BCUT2D eigenvalue weighted by Gasteiger charge is -2.09. The number of alkyl halides is 3. The summed E-state index contributed by atoms with van der Waals surface area (Å²) in [6.45, 7) is 1.91. The van der Waals surface area contributed by atoms with Gasteiger partial charge in [-0.1, -0.05) is 6.92 Å². The summed E-state index contributed by atoms with van der Waals surface area (Å²) >= 11 is 0.